The van der Waals surface area contributed by atoms with Gasteiger partial charge in [0.05, 0.1) is 10.9 Å². The van der Waals surface area contributed by atoms with E-state index in [4.69, 9.17) is 5.73 Å². The van der Waals surface area contributed by atoms with Gasteiger partial charge in [0.1, 0.15) is 6.54 Å². The van der Waals surface area contributed by atoms with E-state index in [2.05, 4.69) is 4.98 Å². The van der Waals surface area contributed by atoms with E-state index in [-0.39, 0.29) is 24.4 Å². The number of aromatic nitrogens is 2. The first-order valence-corrected chi connectivity index (χ1v) is 7.72. The van der Waals surface area contributed by atoms with Crippen LogP contribution in [0.25, 0.3) is 10.9 Å². The molecule has 7 nitrogen and oxygen atoms in total. The number of benzene rings is 1. The summed E-state index contributed by atoms with van der Waals surface area (Å²) in [5.41, 5.74) is 5.14. The molecule has 0 saturated carbocycles. The van der Waals surface area contributed by atoms with Gasteiger partial charge in [0.2, 0.25) is 5.91 Å². The number of hydrogen-bond acceptors (Lipinski definition) is 4. The number of rotatable bonds is 3. The Labute approximate surface area is 132 Å². The van der Waals surface area contributed by atoms with Gasteiger partial charge in [-0.25, -0.2) is 4.79 Å². The number of fused-ring (bicyclic) bond motifs is 1. The zero-order valence-electron chi connectivity index (χ0n) is 13.0. The van der Waals surface area contributed by atoms with E-state index in [0.29, 0.717) is 24.0 Å². The number of amides is 1. The molecule has 23 heavy (non-hydrogen) atoms. The molecule has 0 aliphatic carbocycles. The van der Waals surface area contributed by atoms with Gasteiger partial charge in [0.25, 0.3) is 5.56 Å². The van der Waals surface area contributed by atoms with Crippen molar-refractivity contribution in [3.05, 3.63) is 45.1 Å². The van der Waals surface area contributed by atoms with Crippen LogP contribution in [0, 0.1) is 5.92 Å². The molecule has 1 aliphatic rings. The highest BCUT2D eigenvalue weighted by Crippen LogP contribution is 2.22. The van der Waals surface area contributed by atoms with Crippen LogP contribution in [0.15, 0.2) is 33.9 Å². The van der Waals surface area contributed by atoms with Crippen LogP contribution in [0.3, 0.4) is 0 Å². The summed E-state index contributed by atoms with van der Waals surface area (Å²) < 4.78 is 0.965. The van der Waals surface area contributed by atoms with E-state index in [1.165, 1.54) is 0 Å². The van der Waals surface area contributed by atoms with E-state index in [1.807, 2.05) is 6.92 Å². The molecular weight excluding hydrogens is 296 g/mol. The zero-order chi connectivity index (χ0) is 16.6. The van der Waals surface area contributed by atoms with Crippen LogP contribution in [-0.4, -0.2) is 39.5 Å². The number of H-pyrrole nitrogens is 1. The van der Waals surface area contributed by atoms with Gasteiger partial charge in [-0.05, 0) is 37.9 Å². The molecule has 0 radical (unpaired) electrons. The van der Waals surface area contributed by atoms with E-state index < -0.39 is 11.2 Å². The van der Waals surface area contributed by atoms with Crippen LogP contribution >= 0.6 is 0 Å². The fraction of sp³-hybridized carbons (Fsp3) is 0.438. The van der Waals surface area contributed by atoms with Crippen molar-refractivity contribution in [3.63, 3.8) is 0 Å². The van der Waals surface area contributed by atoms with E-state index in [0.717, 1.165) is 11.0 Å². The molecule has 0 spiro atoms. The van der Waals surface area contributed by atoms with Crippen molar-refractivity contribution in [1.29, 1.82) is 0 Å². The number of hydrogen-bond donors (Lipinski definition) is 2. The number of nitrogens with two attached hydrogens (primary N) is 1. The van der Waals surface area contributed by atoms with Gasteiger partial charge in [0.15, 0.2) is 0 Å². The molecule has 1 saturated heterocycles. The summed E-state index contributed by atoms with van der Waals surface area (Å²) in [6, 6.07) is 6.84. The Bertz CT molecular complexity index is 854. The molecule has 3 N–H and O–H groups in total. The van der Waals surface area contributed by atoms with Gasteiger partial charge in [-0.1, -0.05) is 12.1 Å². The third-order valence-corrected chi connectivity index (χ3v) is 4.50. The Balaban J connectivity index is 1.91. The van der Waals surface area contributed by atoms with Crippen molar-refractivity contribution in [1.82, 2.24) is 14.5 Å². The topological polar surface area (TPSA) is 101 Å². The number of likely N-dealkylation sites (tertiary alicyclic amines) is 1. The lowest BCUT2D eigenvalue weighted by Gasteiger charge is -2.21. The Morgan fingerprint density at radius 1 is 1.35 bits per heavy atom. The monoisotopic (exact) mass is 316 g/mol. The summed E-state index contributed by atoms with van der Waals surface area (Å²) in [5, 5.41) is 0.397. The second-order valence-corrected chi connectivity index (χ2v) is 6.10. The number of para-hydroxylation sites is 1. The molecule has 7 heteroatoms. The van der Waals surface area contributed by atoms with Crippen LogP contribution < -0.4 is 17.0 Å². The summed E-state index contributed by atoms with van der Waals surface area (Å²) in [6.07, 6.45) is 0.852. The zero-order valence-corrected chi connectivity index (χ0v) is 13.0. The fourth-order valence-corrected chi connectivity index (χ4v) is 3.23. The number of carbonyl (C=O) groups is 1. The lowest BCUT2D eigenvalue weighted by molar-refractivity contribution is -0.132. The second kappa shape index (κ2) is 6.00. The number of carbonyl (C=O) groups excluding carboxylic acids is 1. The highest BCUT2D eigenvalue weighted by atomic mass is 16.2. The molecule has 1 fully saturated rings. The van der Waals surface area contributed by atoms with Crippen molar-refractivity contribution in [2.24, 2.45) is 11.7 Å². The maximum atomic E-state index is 12.5. The molecule has 1 aromatic carbocycles. The van der Waals surface area contributed by atoms with E-state index >= 15 is 0 Å². The molecule has 0 bridgehead atoms. The minimum Gasteiger partial charge on any atom is -0.338 e. The smallest absolute Gasteiger partial charge is 0.329 e. The third kappa shape index (κ3) is 2.79. The Morgan fingerprint density at radius 2 is 2.09 bits per heavy atom. The maximum absolute atomic E-state index is 12.5. The van der Waals surface area contributed by atoms with Gasteiger partial charge in [-0.2, -0.15) is 0 Å². The summed E-state index contributed by atoms with van der Waals surface area (Å²) in [4.78, 5) is 41.4. The van der Waals surface area contributed by atoms with E-state index in [1.54, 1.807) is 29.2 Å². The maximum Gasteiger partial charge on any atom is 0.329 e. The summed E-state index contributed by atoms with van der Waals surface area (Å²) in [5.74, 6) is 0.0527. The average Bonchev–Trinajstić information content (AvgIpc) is 2.92. The molecule has 3 rings (SSSR count). The first-order chi connectivity index (χ1) is 11.0. The highest BCUT2D eigenvalue weighted by Gasteiger charge is 2.31. The van der Waals surface area contributed by atoms with Crippen molar-refractivity contribution < 1.29 is 4.79 Å². The molecule has 2 unspecified atom stereocenters. The molecule has 1 amide bonds. The standard InChI is InChI=1S/C16H20N4O3/c1-10-6-11(7-17)8-19(10)14(21)9-20-15(22)12-4-2-3-5-13(12)18-16(20)23/h2-5,10-11H,6-9,17H2,1H3,(H,18,23). The van der Waals surface area contributed by atoms with Crippen LogP contribution in [0.2, 0.25) is 0 Å². The number of aromatic amines is 1. The number of nitrogens with zero attached hydrogens (tertiary/aromatic N) is 2. The van der Waals surface area contributed by atoms with Crippen LogP contribution in [-0.2, 0) is 11.3 Å². The van der Waals surface area contributed by atoms with Gasteiger partial charge in [-0.15, -0.1) is 0 Å². The summed E-state index contributed by atoms with van der Waals surface area (Å²) in [7, 11) is 0. The average molecular weight is 316 g/mol. The van der Waals surface area contributed by atoms with Gasteiger partial charge in [-0.3, -0.25) is 14.2 Å². The van der Waals surface area contributed by atoms with Crippen molar-refractivity contribution in [2.75, 3.05) is 13.1 Å². The van der Waals surface area contributed by atoms with Crippen LogP contribution in [0.4, 0.5) is 0 Å². The molecule has 2 heterocycles. The van der Waals surface area contributed by atoms with Crippen molar-refractivity contribution >= 4 is 16.8 Å². The first kappa shape index (κ1) is 15.5. The van der Waals surface area contributed by atoms with Crippen molar-refractivity contribution in [2.45, 2.75) is 25.9 Å². The van der Waals surface area contributed by atoms with E-state index in [9.17, 15) is 14.4 Å². The van der Waals surface area contributed by atoms with Crippen LogP contribution in [0.5, 0.6) is 0 Å². The quantitative estimate of drug-likeness (QED) is 0.824. The molecule has 122 valence electrons. The predicted molar refractivity (Wildman–Crippen MR) is 87.2 cm³/mol. The fourth-order valence-electron chi connectivity index (χ4n) is 3.23. The Hall–Kier alpha value is -2.41. The van der Waals surface area contributed by atoms with Crippen molar-refractivity contribution in [3.8, 4) is 0 Å². The Morgan fingerprint density at radius 3 is 2.78 bits per heavy atom. The normalized spacial score (nSPS) is 21.0. The largest absolute Gasteiger partial charge is 0.338 e. The third-order valence-electron chi connectivity index (χ3n) is 4.50. The minimum absolute atomic E-state index is 0.0753. The number of nitrogens with one attached hydrogen (secondary N) is 1. The molecule has 2 aromatic rings. The molecule has 1 aliphatic heterocycles. The molecular formula is C16H20N4O3. The first-order valence-electron chi connectivity index (χ1n) is 7.72. The Kier molecular flexibility index (Phi) is 4.04. The van der Waals surface area contributed by atoms with Crippen LogP contribution in [0.1, 0.15) is 13.3 Å². The SMILES string of the molecule is CC1CC(CN)CN1C(=O)Cn1c(=O)[nH]c2ccccc2c1=O. The highest BCUT2D eigenvalue weighted by molar-refractivity contribution is 5.79. The van der Waals surface area contributed by atoms with Gasteiger partial charge in [0, 0.05) is 12.6 Å². The minimum atomic E-state index is -0.565. The molecule has 1 aromatic heterocycles. The molecule has 2 atom stereocenters. The lowest BCUT2D eigenvalue weighted by atomic mass is 10.1. The van der Waals surface area contributed by atoms with Gasteiger partial charge >= 0.3 is 5.69 Å². The summed E-state index contributed by atoms with van der Waals surface area (Å²) in [6.45, 7) is 2.82. The lowest BCUT2D eigenvalue weighted by Crippen LogP contribution is -2.43. The second-order valence-electron chi connectivity index (χ2n) is 6.10. The predicted octanol–water partition coefficient (Wildman–Crippen LogP) is -0.114. The van der Waals surface area contributed by atoms with Gasteiger partial charge < -0.3 is 15.6 Å². The summed E-state index contributed by atoms with van der Waals surface area (Å²) >= 11 is 0.